The minimum Gasteiger partial charge on any atom is -0.330 e. The van der Waals surface area contributed by atoms with Crippen LogP contribution >= 0.6 is 0 Å². The standard InChI is InChI=1S/C14H24N2/c1-12(11-15)13(2)16(3)10-9-14-7-5-4-6-8-14/h4-8,12-13H,9-11,15H2,1-3H3. The summed E-state index contributed by atoms with van der Waals surface area (Å²) in [5, 5.41) is 0. The van der Waals surface area contributed by atoms with Gasteiger partial charge in [0.15, 0.2) is 0 Å². The lowest BCUT2D eigenvalue weighted by molar-refractivity contribution is 0.204. The second-order valence-electron chi connectivity index (χ2n) is 4.67. The molecule has 1 aromatic rings. The molecule has 90 valence electrons. The van der Waals surface area contributed by atoms with Crippen LogP contribution in [0.1, 0.15) is 19.4 Å². The van der Waals surface area contributed by atoms with Crippen molar-refractivity contribution in [1.29, 1.82) is 0 Å². The van der Waals surface area contributed by atoms with Gasteiger partial charge in [0.25, 0.3) is 0 Å². The van der Waals surface area contributed by atoms with Crippen molar-refractivity contribution in [3.8, 4) is 0 Å². The summed E-state index contributed by atoms with van der Waals surface area (Å²) in [4.78, 5) is 2.39. The molecular weight excluding hydrogens is 196 g/mol. The Morgan fingerprint density at radius 2 is 1.81 bits per heavy atom. The second kappa shape index (κ2) is 6.66. The van der Waals surface area contributed by atoms with E-state index in [1.807, 2.05) is 0 Å². The van der Waals surface area contributed by atoms with Crippen LogP contribution in [0.4, 0.5) is 0 Å². The molecule has 0 aliphatic carbocycles. The first-order valence-corrected chi connectivity index (χ1v) is 6.09. The Balaban J connectivity index is 2.38. The number of hydrogen-bond acceptors (Lipinski definition) is 2. The summed E-state index contributed by atoms with van der Waals surface area (Å²) in [5.41, 5.74) is 7.10. The molecular formula is C14H24N2. The first kappa shape index (κ1) is 13.2. The minimum atomic E-state index is 0.550. The second-order valence-corrected chi connectivity index (χ2v) is 4.67. The van der Waals surface area contributed by atoms with Crippen LogP contribution in [-0.4, -0.2) is 31.1 Å². The van der Waals surface area contributed by atoms with E-state index >= 15 is 0 Å². The molecule has 0 bridgehead atoms. The van der Waals surface area contributed by atoms with Crippen molar-refractivity contribution in [2.45, 2.75) is 26.3 Å². The summed E-state index contributed by atoms with van der Waals surface area (Å²) in [6, 6.07) is 11.2. The fourth-order valence-electron chi connectivity index (χ4n) is 1.79. The van der Waals surface area contributed by atoms with E-state index in [-0.39, 0.29) is 0 Å². The molecule has 0 aliphatic rings. The lowest BCUT2D eigenvalue weighted by atomic mass is 10.0. The maximum atomic E-state index is 5.69. The Kier molecular flexibility index (Phi) is 5.50. The first-order chi connectivity index (χ1) is 7.65. The maximum Gasteiger partial charge on any atom is 0.0102 e. The molecule has 0 aliphatic heterocycles. The van der Waals surface area contributed by atoms with E-state index < -0.39 is 0 Å². The molecule has 0 amide bonds. The molecule has 2 heteroatoms. The highest BCUT2D eigenvalue weighted by molar-refractivity contribution is 5.14. The van der Waals surface area contributed by atoms with E-state index in [0.717, 1.165) is 19.5 Å². The van der Waals surface area contributed by atoms with Crippen LogP contribution in [0.25, 0.3) is 0 Å². The van der Waals surface area contributed by atoms with Gasteiger partial charge in [0.05, 0.1) is 0 Å². The van der Waals surface area contributed by atoms with E-state index in [4.69, 9.17) is 5.73 Å². The van der Waals surface area contributed by atoms with Crippen molar-refractivity contribution in [2.24, 2.45) is 11.7 Å². The van der Waals surface area contributed by atoms with Crippen molar-refractivity contribution in [3.05, 3.63) is 35.9 Å². The van der Waals surface area contributed by atoms with Gasteiger partial charge in [0, 0.05) is 12.6 Å². The third kappa shape index (κ3) is 3.95. The molecule has 2 nitrogen and oxygen atoms in total. The molecule has 0 fully saturated rings. The van der Waals surface area contributed by atoms with E-state index in [9.17, 15) is 0 Å². The molecule has 2 unspecified atom stereocenters. The Labute approximate surface area is 99.5 Å². The highest BCUT2D eigenvalue weighted by Crippen LogP contribution is 2.09. The molecule has 1 rings (SSSR count). The van der Waals surface area contributed by atoms with Crippen LogP contribution in [0.3, 0.4) is 0 Å². The van der Waals surface area contributed by atoms with Gasteiger partial charge < -0.3 is 10.6 Å². The molecule has 2 atom stereocenters. The Bertz CT molecular complexity index is 284. The quantitative estimate of drug-likeness (QED) is 0.796. The van der Waals surface area contributed by atoms with E-state index in [0.29, 0.717) is 12.0 Å². The summed E-state index contributed by atoms with van der Waals surface area (Å²) >= 11 is 0. The number of hydrogen-bond donors (Lipinski definition) is 1. The van der Waals surface area contributed by atoms with Crippen LogP contribution < -0.4 is 5.73 Å². The molecule has 0 saturated carbocycles. The number of likely N-dealkylation sites (N-methyl/N-ethyl adjacent to an activating group) is 1. The molecule has 0 spiro atoms. The Morgan fingerprint density at radius 3 is 2.38 bits per heavy atom. The largest absolute Gasteiger partial charge is 0.330 e. The Hall–Kier alpha value is -0.860. The lowest BCUT2D eigenvalue weighted by Gasteiger charge is -2.29. The molecule has 16 heavy (non-hydrogen) atoms. The van der Waals surface area contributed by atoms with E-state index in [1.165, 1.54) is 5.56 Å². The van der Waals surface area contributed by atoms with Gasteiger partial charge in [-0.3, -0.25) is 0 Å². The number of rotatable bonds is 6. The summed E-state index contributed by atoms with van der Waals surface area (Å²) in [6.45, 7) is 6.32. The van der Waals surface area contributed by atoms with Gasteiger partial charge in [0.1, 0.15) is 0 Å². The van der Waals surface area contributed by atoms with Gasteiger partial charge in [-0.05, 0) is 38.4 Å². The number of nitrogens with zero attached hydrogens (tertiary/aromatic N) is 1. The zero-order valence-electron chi connectivity index (χ0n) is 10.7. The average Bonchev–Trinajstić information content (AvgIpc) is 2.35. The summed E-state index contributed by atoms with van der Waals surface area (Å²) in [5.74, 6) is 0.556. The maximum absolute atomic E-state index is 5.69. The Morgan fingerprint density at radius 1 is 1.19 bits per heavy atom. The lowest BCUT2D eigenvalue weighted by Crippen LogP contribution is -2.38. The molecule has 1 aromatic carbocycles. The van der Waals surface area contributed by atoms with Crippen LogP contribution in [0.15, 0.2) is 30.3 Å². The topological polar surface area (TPSA) is 29.3 Å². The molecule has 0 heterocycles. The SMILES string of the molecule is CC(CN)C(C)N(C)CCc1ccccc1. The third-order valence-corrected chi connectivity index (χ3v) is 3.49. The van der Waals surface area contributed by atoms with Gasteiger partial charge in [-0.15, -0.1) is 0 Å². The molecule has 0 radical (unpaired) electrons. The number of nitrogens with two attached hydrogens (primary N) is 1. The van der Waals surface area contributed by atoms with Crippen LogP contribution in [0.5, 0.6) is 0 Å². The van der Waals surface area contributed by atoms with Crippen molar-refractivity contribution < 1.29 is 0 Å². The monoisotopic (exact) mass is 220 g/mol. The van der Waals surface area contributed by atoms with Gasteiger partial charge in [-0.1, -0.05) is 37.3 Å². The van der Waals surface area contributed by atoms with Crippen molar-refractivity contribution >= 4 is 0 Å². The fourth-order valence-corrected chi connectivity index (χ4v) is 1.79. The first-order valence-electron chi connectivity index (χ1n) is 6.09. The highest BCUT2D eigenvalue weighted by Gasteiger charge is 2.14. The van der Waals surface area contributed by atoms with Gasteiger partial charge >= 0.3 is 0 Å². The van der Waals surface area contributed by atoms with Gasteiger partial charge in [-0.25, -0.2) is 0 Å². The zero-order chi connectivity index (χ0) is 12.0. The van der Waals surface area contributed by atoms with Gasteiger partial charge in [0.2, 0.25) is 0 Å². The predicted molar refractivity (Wildman–Crippen MR) is 70.5 cm³/mol. The van der Waals surface area contributed by atoms with Gasteiger partial charge in [-0.2, -0.15) is 0 Å². The molecule has 2 N–H and O–H groups in total. The van der Waals surface area contributed by atoms with Crippen LogP contribution in [-0.2, 0) is 6.42 Å². The molecule has 0 saturated heterocycles. The third-order valence-electron chi connectivity index (χ3n) is 3.49. The van der Waals surface area contributed by atoms with Crippen molar-refractivity contribution in [2.75, 3.05) is 20.1 Å². The average molecular weight is 220 g/mol. The fraction of sp³-hybridized carbons (Fsp3) is 0.571. The number of benzene rings is 1. The normalized spacial score (nSPS) is 15.1. The predicted octanol–water partition coefficient (Wildman–Crippen LogP) is 2.14. The highest BCUT2D eigenvalue weighted by atomic mass is 15.1. The zero-order valence-corrected chi connectivity index (χ0v) is 10.7. The minimum absolute atomic E-state index is 0.550. The van der Waals surface area contributed by atoms with E-state index in [2.05, 4.69) is 56.1 Å². The smallest absolute Gasteiger partial charge is 0.0102 e. The van der Waals surface area contributed by atoms with Crippen LogP contribution in [0, 0.1) is 5.92 Å². The van der Waals surface area contributed by atoms with E-state index in [1.54, 1.807) is 0 Å². The molecule has 0 aromatic heterocycles. The summed E-state index contributed by atoms with van der Waals surface area (Å²) in [7, 11) is 2.18. The van der Waals surface area contributed by atoms with Crippen molar-refractivity contribution in [1.82, 2.24) is 4.90 Å². The summed E-state index contributed by atoms with van der Waals surface area (Å²) < 4.78 is 0. The van der Waals surface area contributed by atoms with Crippen LogP contribution in [0.2, 0.25) is 0 Å². The summed E-state index contributed by atoms with van der Waals surface area (Å²) in [6.07, 6.45) is 1.11. The van der Waals surface area contributed by atoms with Crippen molar-refractivity contribution in [3.63, 3.8) is 0 Å².